The van der Waals surface area contributed by atoms with Gasteiger partial charge in [0.1, 0.15) is 5.75 Å². The summed E-state index contributed by atoms with van der Waals surface area (Å²) in [6.45, 7) is 5.68. The van der Waals surface area contributed by atoms with Crippen LogP contribution in [0.5, 0.6) is 5.75 Å². The standard InChI is InChI=1S/C17H25NO/c1-4-6-8-14(5-2)13-18-12-11-15-16(18)9-7-10-17(15)19-3/h7,9-12,14H,4-6,8,13H2,1-3H3. The third-order valence-electron chi connectivity index (χ3n) is 3.99. The molecule has 0 N–H and O–H groups in total. The third kappa shape index (κ3) is 3.12. The molecule has 1 aromatic carbocycles. The van der Waals surface area contributed by atoms with Crippen LogP contribution in [-0.4, -0.2) is 11.7 Å². The fraction of sp³-hybridized carbons (Fsp3) is 0.529. The van der Waals surface area contributed by atoms with Crippen LogP contribution in [0.15, 0.2) is 30.5 Å². The Morgan fingerprint density at radius 3 is 2.74 bits per heavy atom. The van der Waals surface area contributed by atoms with Gasteiger partial charge in [-0.2, -0.15) is 0 Å². The van der Waals surface area contributed by atoms with Crippen molar-refractivity contribution in [3.05, 3.63) is 30.5 Å². The molecule has 19 heavy (non-hydrogen) atoms. The van der Waals surface area contributed by atoms with E-state index in [0.717, 1.165) is 18.2 Å². The van der Waals surface area contributed by atoms with Gasteiger partial charge in [-0.3, -0.25) is 0 Å². The van der Waals surface area contributed by atoms with E-state index in [4.69, 9.17) is 4.74 Å². The number of fused-ring (bicyclic) bond motifs is 1. The fourth-order valence-electron chi connectivity index (χ4n) is 2.73. The van der Waals surface area contributed by atoms with E-state index < -0.39 is 0 Å². The average molecular weight is 259 g/mol. The zero-order valence-electron chi connectivity index (χ0n) is 12.4. The normalized spacial score (nSPS) is 12.8. The second-order valence-corrected chi connectivity index (χ2v) is 5.28. The van der Waals surface area contributed by atoms with Gasteiger partial charge in [-0.1, -0.05) is 39.2 Å². The number of ether oxygens (including phenoxy) is 1. The molecule has 0 saturated carbocycles. The van der Waals surface area contributed by atoms with Gasteiger partial charge in [-0.25, -0.2) is 0 Å². The zero-order chi connectivity index (χ0) is 13.7. The van der Waals surface area contributed by atoms with Crippen molar-refractivity contribution in [2.75, 3.05) is 7.11 Å². The zero-order valence-corrected chi connectivity index (χ0v) is 12.4. The van der Waals surface area contributed by atoms with Crippen molar-refractivity contribution in [2.45, 2.75) is 46.1 Å². The molecular weight excluding hydrogens is 234 g/mol. The highest BCUT2D eigenvalue weighted by molar-refractivity contribution is 5.86. The maximum absolute atomic E-state index is 5.42. The Hall–Kier alpha value is -1.44. The topological polar surface area (TPSA) is 14.2 Å². The molecule has 2 aromatic rings. The van der Waals surface area contributed by atoms with Gasteiger partial charge in [-0.15, -0.1) is 0 Å². The van der Waals surface area contributed by atoms with Crippen molar-refractivity contribution in [1.82, 2.24) is 4.57 Å². The number of methoxy groups -OCH3 is 1. The summed E-state index contributed by atoms with van der Waals surface area (Å²) in [6, 6.07) is 8.46. The monoisotopic (exact) mass is 259 g/mol. The minimum absolute atomic E-state index is 0.779. The number of rotatable bonds is 7. The van der Waals surface area contributed by atoms with Gasteiger partial charge in [0, 0.05) is 18.1 Å². The first-order valence-corrected chi connectivity index (χ1v) is 7.42. The van der Waals surface area contributed by atoms with Crippen LogP contribution in [0.1, 0.15) is 39.5 Å². The second kappa shape index (κ2) is 6.65. The fourth-order valence-corrected chi connectivity index (χ4v) is 2.73. The summed E-state index contributed by atoms with van der Waals surface area (Å²) < 4.78 is 7.80. The first kappa shape index (κ1) is 14.0. The van der Waals surface area contributed by atoms with Crippen LogP contribution >= 0.6 is 0 Å². The highest BCUT2D eigenvalue weighted by atomic mass is 16.5. The Morgan fingerprint density at radius 1 is 1.21 bits per heavy atom. The van der Waals surface area contributed by atoms with Gasteiger partial charge in [-0.05, 0) is 30.5 Å². The lowest BCUT2D eigenvalue weighted by Crippen LogP contribution is -2.09. The van der Waals surface area contributed by atoms with Crippen molar-refractivity contribution in [3.8, 4) is 5.75 Å². The Labute approximate surface area is 116 Å². The quantitative estimate of drug-likeness (QED) is 0.692. The van der Waals surface area contributed by atoms with E-state index in [9.17, 15) is 0 Å². The summed E-state index contributed by atoms with van der Waals surface area (Å²) in [4.78, 5) is 0. The van der Waals surface area contributed by atoms with E-state index in [2.05, 4.69) is 42.8 Å². The lowest BCUT2D eigenvalue weighted by atomic mass is 9.99. The second-order valence-electron chi connectivity index (χ2n) is 5.28. The predicted molar refractivity (Wildman–Crippen MR) is 81.8 cm³/mol. The average Bonchev–Trinajstić information content (AvgIpc) is 2.86. The Bertz CT molecular complexity index is 515. The van der Waals surface area contributed by atoms with Crippen molar-refractivity contribution >= 4 is 10.9 Å². The Balaban J connectivity index is 2.20. The molecule has 1 atom stereocenters. The molecule has 2 heteroatoms. The molecule has 1 unspecified atom stereocenters. The van der Waals surface area contributed by atoms with E-state index in [1.165, 1.54) is 36.6 Å². The highest BCUT2D eigenvalue weighted by Gasteiger charge is 2.10. The van der Waals surface area contributed by atoms with Gasteiger partial charge >= 0.3 is 0 Å². The van der Waals surface area contributed by atoms with Gasteiger partial charge in [0.2, 0.25) is 0 Å². The molecule has 1 aromatic heterocycles. The minimum Gasteiger partial charge on any atom is -0.496 e. The van der Waals surface area contributed by atoms with Gasteiger partial charge < -0.3 is 9.30 Å². The third-order valence-corrected chi connectivity index (χ3v) is 3.99. The molecule has 0 spiro atoms. The first-order valence-electron chi connectivity index (χ1n) is 7.42. The van der Waals surface area contributed by atoms with E-state index in [0.29, 0.717) is 0 Å². The molecular formula is C17H25NO. The van der Waals surface area contributed by atoms with Crippen molar-refractivity contribution in [1.29, 1.82) is 0 Å². The van der Waals surface area contributed by atoms with E-state index >= 15 is 0 Å². The number of hydrogen-bond donors (Lipinski definition) is 0. The lowest BCUT2D eigenvalue weighted by molar-refractivity contribution is 0.396. The van der Waals surface area contributed by atoms with Crippen LogP contribution in [-0.2, 0) is 6.54 Å². The van der Waals surface area contributed by atoms with Crippen molar-refractivity contribution in [3.63, 3.8) is 0 Å². The number of benzene rings is 1. The summed E-state index contributed by atoms with van der Waals surface area (Å²) in [5.41, 5.74) is 1.29. The summed E-state index contributed by atoms with van der Waals surface area (Å²) in [5.74, 6) is 1.75. The summed E-state index contributed by atoms with van der Waals surface area (Å²) in [6.07, 6.45) is 7.40. The molecule has 0 saturated heterocycles. The van der Waals surface area contributed by atoms with Crippen LogP contribution in [0.2, 0.25) is 0 Å². The van der Waals surface area contributed by atoms with Crippen LogP contribution in [0, 0.1) is 5.92 Å². The van der Waals surface area contributed by atoms with Gasteiger partial charge in [0.25, 0.3) is 0 Å². The highest BCUT2D eigenvalue weighted by Crippen LogP contribution is 2.27. The molecule has 104 valence electrons. The van der Waals surface area contributed by atoms with Crippen molar-refractivity contribution in [2.24, 2.45) is 5.92 Å². The molecule has 0 aliphatic carbocycles. The Kier molecular flexibility index (Phi) is 4.89. The minimum atomic E-state index is 0.779. The molecule has 0 radical (unpaired) electrons. The van der Waals surface area contributed by atoms with Crippen LogP contribution in [0.3, 0.4) is 0 Å². The van der Waals surface area contributed by atoms with Crippen LogP contribution in [0.25, 0.3) is 10.9 Å². The van der Waals surface area contributed by atoms with Gasteiger partial charge in [0.15, 0.2) is 0 Å². The molecule has 0 amide bonds. The molecule has 1 heterocycles. The number of hydrogen-bond acceptors (Lipinski definition) is 1. The maximum Gasteiger partial charge on any atom is 0.128 e. The molecule has 2 nitrogen and oxygen atoms in total. The molecule has 2 rings (SSSR count). The molecule has 0 aliphatic heterocycles. The number of nitrogens with zero attached hydrogens (tertiary/aromatic N) is 1. The number of aromatic nitrogens is 1. The molecule has 0 aliphatic rings. The smallest absolute Gasteiger partial charge is 0.128 e. The first-order chi connectivity index (χ1) is 9.30. The molecule has 0 fully saturated rings. The summed E-state index contributed by atoms with van der Waals surface area (Å²) in [7, 11) is 1.74. The number of unbranched alkanes of at least 4 members (excludes halogenated alkanes) is 1. The van der Waals surface area contributed by atoms with Gasteiger partial charge in [0.05, 0.1) is 12.6 Å². The summed E-state index contributed by atoms with van der Waals surface area (Å²) >= 11 is 0. The van der Waals surface area contributed by atoms with Crippen molar-refractivity contribution < 1.29 is 4.74 Å². The SMILES string of the molecule is CCCCC(CC)Cn1ccc2c(OC)cccc21. The van der Waals surface area contributed by atoms with E-state index in [1.54, 1.807) is 7.11 Å². The predicted octanol–water partition coefficient (Wildman–Crippen LogP) is 4.87. The Morgan fingerprint density at radius 2 is 2.05 bits per heavy atom. The van der Waals surface area contributed by atoms with E-state index in [1.807, 2.05) is 6.07 Å². The molecule has 0 bridgehead atoms. The van der Waals surface area contributed by atoms with Crippen LogP contribution in [0.4, 0.5) is 0 Å². The lowest BCUT2D eigenvalue weighted by Gasteiger charge is -2.16. The van der Waals surface area contributed by atoms with E-state index in [-0.39, 0.29) is 0 Å². The summed E-state index contributed by atoms with van der Waals surface area (Å²) in [5, 5.41) is 1.22. The van der Waals surface area contributed by atoms with Crippen LogP contribution < -0.4 is 4.74 Å². The largest absolute Gasteiger partial charge is 0.496 e. The maximum atomic E-state index is 5.42.